The average molecular weight is 279 g/mol. The third-order valence-corrected chi connectivity index (χ3v) is 1.99. The van der Waals surface area contributed by atoms with E-state index in [2.05, 4.69) is 4.74 Å². The van der Waals surface area contributed by atoms with Crippen molar-refractivity contribution in [3.8, 4) is 0 Å². The van der Waals surface area contributed by atoms with Crippen molar-refractivity contribution in [2.45, 2.75) is 23.1 Å². The van der Waals surface area contributed by atoms with Crippen LogP contribution in [0.4, 0.5) is 26.3 Å². The zero-order chi connectivity index (χ0) is 12.3. The molecule has 2 atom stereocenters. The molecule has 9 heteroatoms. The Morgan fingerprint density at radius 2 is 1.07 bits per heavy atom. The number of rotatable bonds is 4. The summed E-state index contributed by atoms with van der Waals surface area (Å²) in [7, 11) is 0. The largest absolute Gasteiger partial charge is 0.407 e. The first-order chi connectivity index (χ1) is 6.55. The quantitative estimate of drug-likeness (QED) is 0.566. The Kier molecular flexibility index (Phi) is 5.49. The Morgan fingerprint density at radius 1 is 0.800 bits per heavy atom. The predicted octanol–water partition coefficient (Wildman–Crippen LogP) is 3.34. The van der Waals surface area contributed by atoms with Gasteiger partial charge < -0.3 is 4.74 Å². The second-order valence-electron chi connectivity index (χ2n) is 2.56. The highest BCUT2D eigenvalue weighted by atomic mass is 35.5. The summed E-state index contributed by atoms with van der Waals surface area (Å²) < 4.78 is 74.5. The fourth-order valence-corrected chi connectivity index (χ4v) is 0.642. The van der Waals surface area contributed by atoms with Crippen LogP contribution in [0.3, 0.4) is 0 Å². The summed E-state index contributed by atoms with van der Waals surface area (Å²) in [6, 6.07) is 0. The highest BCUT2D eigenvalue weighted by Gasteiger charge is 2.40. The topological polar surface area (TPSA) is 9.23 Å². The fraction of sp³-hybridized carbons (Fsp3) is 1.00. The third-order valence-electron chi connectivity index (χ3n) is 1.24. The summed E-state index contributed by atoms with van der Waals surface area (Å²) in [6.45, 7) is -2.13. The molecular weight excluding hydrogens is 273 g/mol. The summed E-state index contributed by atoms with van der Waals surface area (Å²) in [6.07, 6.45) is -9.41. The average Bonchev–Trinajstić information content (AvgIpc) is 2.00. The molecule has 0 aliphatic heterocycles. The first-order valence-corrected chi connectivity index (χ1v) is 4.41. The van der Waals surface area contributed by atoms with E-state index in [1.165, 1.54) is 0 Å². The van der Waals surface area contributed by atoms with Gasteiger partial charge in [-0.15, -0.1) is 23.2 Å². The van der Waals surface area contributed by atoms with Gasteiger partial charge in [0.1, 0.15) is 0 Å². The van der Waals surface area contributed by atoms with Gasteiger partial charge in [0.15, 0.2) is 10.8 Å². The number of hydrogen-bond donors (Lipinski definition) is 0. The molecule has 0 aromatic heterocycles. The molecule has 92 valence electrons. The lowest BCUT2D eigenvalue weighted by atomic mass is 10.4. The van der Waals surface area contributed by atoms with Crippen LogP contribution in [0.5, 0.6) is 0 Å². The Labute approximate surface area is 91.3 Å². The van der Waals surface area contributed by atoms with Crippen molar-refractivity contribution in [1.29, 1.82) is 0 Å². The molecule has 1 nitrogen and oxygen atoms in total. The van der Waals surface area contributed by atoms with Gasteiger partial charge in [-0.05, 0) is 0 Å². The Bertz CT molecular complexity index is 171. The van der Waals surface area contributed by atoms with Crippen LogP contribution in [-0.2, 0) is 4.74 Å². The van der Waals surface area contributed by atoms with Crippen molar-refractivity contribution in [1.82, 2.24) is 0 Å². The van der Waals surface area contributed by atoms with Crippen molar-refractivity contribution in [2.24, 2.45) is 0 Å². The minimum atomic E-state index is -4.71. The molecule has 0 aromatic carbocycles. The minimum Gasteiger partial charge on any atom is -0.378 e. The number of hydrogen-bond acceptors (Lipinski definition) is 1. The van der Waals surface area contributed by atoms with E-state index in [4.69, 9.17) is 23.2 Å². The molecule has 15 heavy (non-hydrogen) atoms. The Balaban J connectivity index is 3.81. The standard InChI is InChI=1S/C6H6Cl2F6O/c7-3(5(9,10)11)1-15-2-4(8)6(12,13)14/h3-4H,1-2H2. The molecule has 0 bridgehead atoms. The van der Waals surface area contributed by atoms with Crippen LogP contribution < -0.4 is 0 Å². The molecule has 0 heterocycles. The zero-order valence-electron chi connectivity index (χ0n) is 7.00. The lowest BCUT2D eigenvalue weighted by molar-refractivity contribution is -0.153. The van der Waals surface area contributed by atoms with Gasteiger partial charge in [0.2, 0.25) is 0 Å². The summed E-state index contributed by atoms with van der Waals surface area (Å²) in [5, 5.41) is -4.68. The van der Waals surface area contributed by atoms with Crippen molar-refractivity contribution in [3.63, 3.8) is 0 Å². The SMILES string of the molecule is FC(F)(F)C(Cl)COCC(Cl)C(F)(F)F. The normalized spacial score (nSPS) is 17.6. The van der Waals surface area contributed by atoms with Crippen LogP contribution in [0.15, 0.2) is 0 Å². The van der Waals surface area contributed by atoms with Crippen LogP contribution in [0, 0.1) is 0 Å². The van der Waals surface area contributed by atoms with E-state index < -0.39 is 36.3 Å². The van der Waals surface area contributed by atoms with Gasteiger partial charge in [0.05, 0.1) is 13.2 Å². The molecule has 0 rings (SSSR count). The highest BCUT2D eigenvalue weighted by molar-refractivity contribution is 6.21. The highest BCUT2D eigenvalue weighted by Crippen LogP contribution is 2.27. The summed E-state index contributed by atoms with van der Waals surface area (Å²) in [5.74, 6) is 0. The molecule has 0 N–H and O–H groups in total. The van der Waals surface area contributed by atoms with Crippen LogP contribution in [0.1, 0.15) is 0 Å². The molecule has 0 amide bonds. The van der Waals surface area contributed by atoms with E-state index in [1.807, 2.05) is 0 Å². The van der Waals surface area contributed by atoms with Crippen molar-refractivity contribution in [2.75, 3.05) is 13.2 Å². The smallest absolute Gasteiger partial charge is 0.378 e. The molecular formula is C6H6Cl2F6O. The Morgan fingerprint density at radius 3 is 1.27 bits per heavy atom. The first-order valence-electron chi connectivity index (χ1n) is 3.54. The van der Waals surface area contributed by atoms with E-state index >= 15 is 0 Å². The lowest BCUT2D eigenvalue weighted by Crippen LogP contribution is -2.32. The van der Waals surface area contributed by atoms with Crippen LogP contribution in [0.2, 0.25) is 0 Å². The minimum absolute atomic E-state index is 1.07. The molecule has 0 spiro atoms. The van der Waals surface area contributed by atoms with Gasteiger partial charge in [-0.3, -0.25) is 0 Å². The monoisotopic (exact) mass is 278 g/mol. The maximum absolute atomic E-state index is 11.7. The van der Waals surface area contributed by atoms with Gasteiger partial charge in [-0.2, -0.15) is 26.3 Å². The van der Waals surface area contributed by atoms with Crippen molar-refractivity contribution >= 4 is 23.2 Å². The van der Waals surface area contributed by atoms with E-state index in [9.17, 15) is 26.3 Å². The van der Waals surface area contributed by atoms with Gasteiger partial charge in [0.25, 0.3) is 0 Å². The zero-order valence-corrected chi connectivity index (χ0v) is 8.51. The molecule has 0 saturated heterocycles. The lowest BCUT2D eigenvalue weighted by Gasteiger charge is -2.16. The predicted molar refractivity (Wildman–Crippen MR) is 42.2 cm³/mol. The van der Waals surface area contributed by atoms with E-state index in [0.29, 0.717) is 0 Å². The molecule has 0 aliphatic carbocycles. The second kappa shape index (κ2) is 5.45. The number of alkyl halides is 8. The summed E-state index contributed by atoms with van der Waals surface area (Å²) in [4.78, 5) is 0. The second-order valence-corrected chi connectivity index (χ2v) is 3.61. The maximum Gasteiger partial charge on any atom is 0.407 e. The van der Waals surface area contributed by atoms with E-state index in [0.717, 1.165) is 0 Å². The van der Waals surface area contributed by atoms with E-state index in [-0.39, 0.29) is 0 Å². The van der Waals surface area contributed by atoms with Crippen molar-refractivity contribution < 1.29 is 31.1 Å². The van der Waals surface area contributed by atoms with Gasteiger partial charge in [0, 0.05) is 0 Å². The molecule has 2 unspecified atom stereocenters. The summed E-state index contributed by atoms with van der Waals surface area (Å²) in [5.41, 5.74) is 0. The van der Waals surface area contributed by atoms with Crippen LogP contribution in [0.25, 0.3) is 0 Å². The molecule has 0 saturated carbocycles. The Hall–Kier alpha value is 0.120. The fourth-order valence-electron chi connectivity index (χ4n) is 0.464. The maximum atomic E-state index is 11.7. The molecule has 0 aliphatic rings. The molecule has 0 aromatic rings. The summed E-state index contributed by atoms with van der Waals surface area (Å²) >= 11 is 9.56. The number of ether oxygens (including phenoxy) is 1. The van der Waals surface area contributed by atoms with E-state index in [1.54, 1.807) is 0 Å². The third kappa shape index (κ3) is 6.32. The van der Waals surface area contributed by atoms with Crippen molar-refractivity contribution in [3.05, 3.63) is 0 Å². The van der Waals surface area contributed by atoms with Crippen LogP contribution >= 0.6 is 23.2 Å². The van der Waals surface area contributed by atoms with Gasteiger partial charge in [-0.25, -0.2) is 0 Å². The first kappa shape index (κ1) is 15.1. The molecule has 0 fully saturated rings. The van der Waals surface area contributed by atoms with Gasteiger partial charge >= 0.3 is 12.4 Å². The molecule has 0 radical (unpaired) electrons. The number of halogens is 8. The van der Waals surface area contributed by atoms with Crippen LogP contribution in [-0.4, -0.2) is 36.3 Å². The van der Waals surface area contributed by atoms with Gasteiger partial charge in [-0.1, -0.05) is 0 Å².